The standard InChI is InChI=1S/C22H28N6S/c1-5-22(3,4)15-6-7-16-17(10-15)29-21-19(16)20-25-18(26-28(20)13-23-21)8-9-27-12-14(2)11-24-27/h11-13,15H,5-10H2,1-4H3. The zero-order valence-electron chi connectivity index (χ0n) is 17.6. The minimum Gasteiger partial charge on any atom is -0.272 e. The van der Waals surface area contributed by atoms with Crippen LogP contribution in [-0.2, 0) is 25.8 Å². The van der Waals surface area contributed by atoms with E-state index in [1.807, 2.05) is 33.1 Å². The van der Waals surface area contributed by atoms with Gasteiger partial charge in [0.05, 0.1) is 11.6 Å². The zero-order valence-corrected chi connectivity index (χ0v) is 18.5. The molecule has 0 amide bonds. The van der Waals surface area contributed by atoms with Crippen molar-refractivity contribution < 1.29 is 0 Å². The maximum absolute atomic E-state index is 4.90. The molecule has 5 rings (SSSR count). The Morgan fingerprint density at radius 3 is 2.93 bits per heavy atom. The van der Waals surface area contributed by atoms with E-state index in [-0.39, 0.29) is 0 Å². The fraction of sp³-hybridized carbons (Fsp3) is 0.545. The van der Waals surface area contributed by atoms with E-state index in [2.05, 4.69) is 44.1 Å². The minimum atomic E-state index is 0.392. The van der Waals surface area contributed by atoms with E-state index in [0.717, 1.165) is 41.6 Å². The highest BCUT2D eigenvalue weighted by Gasteiger charge is 2.33. The van der Waals surface area contributed by atoms with Crippen LogP contribution < -0.4 is 0 Å². The summed E-state index contributed by atoms with van der Waals surface area (Å²) < 4.78 is 3.82. The van der Waals surface area contributed by atoms with Crippen molar-refractivity contribution in [3.8, 4) is 0 Å². The van der Waals surface area contributed by atoms with E-state index in [0.29, 0.717) is 5.41 Å². The molecular formula is C22H28N6S. The number of hydrogen-bond donors (Lipinski definition) is 0. The number of rotatable bonds is 5. The first-order chi connectivity index (χ1) is 13.9. The lowest BCUT2D eigenvalue weighted by Crippen LogP contribution is -2.28. The lowest BCUT2D eigenvalue weighted by molar-refractivity contribution is 0.184. The highest BCUT2D eigenvalue weighted by Crippen LogP contribution is 2.44. The predicted octanol–water partition coefficient (Wildman–Crippen LogP) is 4.63. The van der Waals surface area contributed by atoms with Gasteiger partial charge >= 0.3 is 0 Å². The SMILES string of the molecule is CCC(C)(C)C1CCc2c(sc3ncn4nc(CCn5cc(C)cn5)nc4c23)C1. The largest absolute Gasteiger partial charge is 0.272 e. The van der Waals surface area contributed by atoms with Gasteiger partial charge in [0.2, 0.25) is 0 Å². The molecule has 1 unspecified atom stereocenters. The molecular weight excluding hydrogens is 380 g/mol. The summed E-state index contributed by atoms with van der Waals surface area (Å²) in [5.41, 5.74) is 4.00. The molecule has 0 saturated heterocycles. The van der Waals surface area contributed by atoms with Crippen LogP contribution in [0.1, 0.15) is 55.4 Å². The van der Waals surface area contributed by atoms with Gasteiger partial charge < -0.3 is 0 Å². The molecule has 4 aromatic heterocycles. The van der Waals surface area contributed by atoms with E-state index in [1.54, 1.807) is 0 Å². The molecule has 4 heterocycles. The van der Waals surface area contributed by atoms with E-state index >= 15 is 0 Å². The van der Waals surface area contributed by atoms with Crippen molar-refractivity contribution in [3.63, 3.8) is 0 Å². The maximum atomic E-state index is 4.90. The summed E-state index contributed by atoms with van der Waals surface area (Å²) in [4.78, 5) is 12.2. The second-order valence-corrected chi connectivity index (χ2v) is 10.1. The number of aryl methyl sites for hydroxylation is 4. The van der Waals surface area contributed by atoms with E-state index in [9.17, 15) is 0 Å². The summed E-state index contributed by atoms with van der Waals surface area (Å²) in [5, 5.41) is 10.3. The number of fused-ring (bicyclic) bond motifs is 5. The molecule has 29 heavy (non-hydrogen) atoms. The minimum absolute atomic E-state index is 0.392. The number of nitrogens with zero attached hydrogens (tertiary/aromatic N) is 6. The molecule has 0 aliphatic heterocycles. The van der Waals surface area contributed by atoms with Crippen LogP contribution in [0.4, 0.5) is 0 Å². The quantitative estimate of drug-likeness (QED) is 0.483. The normalized spacial score (nSPS) is 17.3. The number of aromatic nitrogens is 6. The van der Waals surface area contributed by atoms with Crippen LogP contribution in [0.5, 0.6) is 0 Å². The Kier molecular flexibility index (Phi) is 4.46. The van der Waals surface area contributed by atoms with Crippen molar-refractivity contribution in [2.24, 2.45) is 11.3 Å². The highest BCUT2D eigenvalue weighted by atomic mass is 32.1. The number of thiophene rings is 1. The van der Waals surface area contributed by atoms with Crippen molar-refractivity contribution in [1.29, 1.82) is 0 Å². The summed E-state index contributed by atoms with van der Waals surface area (Å²) in [7, 11) is 0. The molecule has 0 bridgehead atoms. The van der Waals surface area contributed by atoms with E-state index in [4.69, 9.17) is 9.97 Å². The first-order valence-electron chi connectivity index (χ1n) is 10.6. The van der Waals surface area contributed by atoms with Gasteiger partial charge in [0.25, 0.3) is 0 Å². The predicted molar refractivity (Wildman–Crippen MR) is 116 cm³/mol. The second kappa shape index (κ2) is 6.90. The highest BCUT2D eigenvalue weighted by molar-refractivity contribution is 7.19. The van der Waals surface area contributed by atoms with Crippen LogP contribution >= 0.6 is 11.3 Å². The molecule has 1 aliphatic carbocycles. The lowest BCUT2D eigenvalue weighted by Gasteiger charge is -2.36. The van der Waals surface area contributed by atoms with Gasteiger partial charge in [-0.3, -0.25) is 4.68 Å². The molecule has 7 heteroatoms. The van der Waals surface area contributed by atoms with Crippen molar-refractivity contribution in [1.82, 2.24) is 29.4 Å². The van der Waals surface area contributed by atoms with Gasteiger partial charge in [0.1, 0.15) is 11.2 Å². The molecule has 4 aromatic rings. The second-order valence-electron chi connectivity index (χ2n) is 9.04. The Labute approximate surface area is 175 Å². The van der Waals surface area contributed by atoms with E-state index < -0.39 is 0 Å². The molecule has 0 N–H and O–H groups in total. The first-order valence-corrected chi connectivity index (χ1v) is 11.4. The van der Waals surface area contributed by atoms with Crippen LogP contribution in [0.25, 0.3) is 15.9 Å². The van der Waals surface area contributed by atoms with Gasteiger partial charge in [0, 0.05) is 24.0 Å². The van der Waals surface area contributed by atoms with Crippen LogP contribution in [0.2, 0.25) is 0 Å². The molecule has 1 aliphatic rings. The van der Waals surface area contributed by atoms with Gasteiger partial charge in [-0.05, 0) is 48.6 Å². The fourth-order valence-electron chi connectivity index (χ4n) is 4.48. The average Bonchev–Trinajstić information content (AvgIpc) is 3.40. The molecule has 0 radical (unpaired) electrons. The monoisotopic (exact) mass is 408 g/mol. The Morgan fingerprint density at radius 1 is 1.31 bits per heavy atom. The molecule has 6 nitrogen and oxygen atoms in total. The summed E-state index contributed by atoms with van der Waals surface area (Å²) in [6.45, 7) is 9.99. The van der Waals surface area contributed by atoms with Gasteiger partial charge in [-0.1, -0.05) is 27.2 Å². The molecule has 1 atom stereocenters. The zero-order chi connectivity index (χ0) is 20.2. The topological polar surface area (TPSA) is 60.9 Å². The molecule has 0 fully saturated rings. The Morgan fingerprint density at radius 2 is 2.17 bits per heavy atom. The summed E-state index contributed by atoms with van der Waals surface area (Å²) in [6, 6.07) is 0. The van der Waals surface area contributed by atoms with Crippen molar-refractivity contribution in [3.05, 3.63) is 40.5 Å². The summed E-state index contributed by atoms with van der Waals surface area (Å²) in [5.74, 6) is 1.60. The van der Waals surface area contributed by atoms with Crippen molar-refractivity contribution >= 4 is 27.2 Å². The third-order valence-electron chi connectivity index (χ3n) is 6.77. The van der Waals surface area contributed by atoms with E-state index in [1.165, 1.54) is 40.7 Å². The maximum Gasteiger partial charge on any atom is 0.167 e. The molecule has 0 aromatic carbocycles. The van der Waals surface area contributed by atoms with Gasteiger partial charge in [-0.2, -0.15) is 5.10 Å². The summed E-state index contributed by atoms with van der Waals surface area (Å²) in [6.07, 6.45) is 11.3. The van der Waals surface area contributed by atoms with Gasteiger partial charge in [0.15, 0.2) is 11.5 Å². The Balaban J connectivity index is 1.48. The average molecular weight is 409 g/mol. The first kappa shape index (κ1) is 18.7. The number of hydrogen-bond acceptors (Lipinski definition) is 5. The van der Waals surface area contributed by atoms with Crippen LogP contribution in [0, 0.1) is 18.3 Å². The van der Waals surface area contributed by atoms with Gasteiger partial charge in [-0.25, -0.2) is 14.5 Å². The van der Waals surface area contributed by atoms with Crippen LogP contribution in [0.15, 0.2) is 18.7 Å². The molecule has 0 spiro atoms. The lowest BCUT2D eigenvalue weighted by atomic mass is 9.70. The third-order valence-corrected chi connectivity index (χ3v) is 7.94. The molecule has 152 valence electrons. The van der Waals surface area contributed by atoms with Crippen LogP contribution in [0.3, 0.4) is 0 Å². The third kappa shape index (κ3) is 3.25. The fourth-order valence-corrected chi connectivity index (χ4v) is 5.75. The Hall–Kier alpha value is -2.28. The van der Waals surface area contributed by atoms with Crippen molar-refractivity contribution in [2.75, 3.05) is 0 Å². The van der Waals surface area contributed by atoms with Crippen molar-refractivity contribution in [2.45, 2.75) is 66.3 Å². The smallest absolute Gasteiger partial charge is 0.167 e. The summed E-state index contributed by atoms with van der Waals surface area (Å²) >= 11 is 1.86. The Bertz CT molecular complexity index is 1180. The van der Waals surface area contributed by atoms with Crippen LogP contribution in [-0.4, -0.2) is 29.4 Å². The molecule has 0 saturated carbocycles. The van der Waals surface area contributed by atoms with Gasteiger partial charge in [-0.15, -0.1) is 16.4 Å².